The molecule has 17 heavy (non-hydrogen) atoms. The maximum absolute atomic E-state index is 10.6. The van der Waals surface area contributed by atoms with Crippen LogP contribution in [0.2, 0.25) is 0 Å². The lowest BCUT2D eigenvalue weighted by molar-refractivity contribution is -0.494. The molecule has 0 spiro atoms. The van der Waals surface area contributed by atoms with E-state index in [1.807, 2.05) is 0 Å². The van der Waals surface area contributed by atoms with Crippen molar-refractivity contribution in [2.24, 2.45) is 0 Å². The highest BCUT2D eigenvalue weighted by molar-refractivity contribution is 4.89. The fourth-order valence-electron chi connectivity index (χ4n) is 1.57. The van der Waals surface area contributed by atoms with Crippen molar-refractivity contribution in [3.05, 3.63) is 22.3 Å². The Hall–Kier alpha value is -0.980. The van der Waals surface area contributed by atoms with Crippen LogP contribution in [0, 0.1) is 10.1 Å². The molecule has 98 valence electrons. The second-order valence-electron chi connectivity index (χ2n) is 4.69. The third-order valence-corrected chi connectivity index (χ3v) is 2.32. The molecular formula is C11H19NO5. The van der Waals surface area contributed by atoms with Crippen LogP contribution in [0.1, 0.15) is 20.8 Å². The average Bonchev–Trinajstić information content (AvgIpc) is 2.52. The summed E-state index contributed by atoms with van der Waals surface area (Å²) in [6.45, 7) is 9.35. The third-order valence-electron chi connectivity index (χ3n) is 2.32. The fourth-order valence-corrected chi connectivity index (χ4v) is 1.57. The number of hydrogen-bond acceptors (Lipinski definition) is 5. The first-order chi connectivity index (χ1) is 7.80. The molecule has 1 rings (SSSR count). The lowest BCUT2D eigenvalue weighted by atomic mass is 10.2. The van der Waals surface area contributed by atoms with Gasteiger partial charge in [-0.2, -0.15) is 0 Å². The first-order valence-electron chi connectivity index (χ1n) is 5.50. The van der Waals surface area contributed by atoms with E-state index in [-0.39, 0.29) is 6.54 Å². The van der Waals surface area contributed by atoms with Gasteiger partial charge in [0.15, 0.2) is 11.9 Å². The second kappa shape index (κ2) is 5.57. The molecule has 0 aliphatic carbocycles. The zero-order valence-electron chi connectivity index (χ0n) is 10.5. The van der Waals surface area contributed by atoms with Crippen LogP contribution in [0.25, 0.3) is 0 Å². The highest BCUT2D eigenvalue weighted by atomic mass is 16.7. The van der Waals surface area contributed by atoms with Crippen LogP contribution in [0.3, 0.4) is 0 Å². The minimum atomic E-state index is -0.702. The van der Waals surface area contributed by atoms with Crippen molar-refractivity contribution in [2.45, 2.75) is 38.8 Å². The lowest BCUT2D eigenvalue weighted by Crippen LogP contribution is -2.38. The summed E-state index contributed by atoms with van der Waals surface area (Å²) >= 11 is 0. The standard InChI is InChI=1S/C11H19NO5/c1-8(2)6-15-9(5-12(13)14)10-7-16-11(3,4)17-10/h9-10H,1,5-7H2,2-4H3/t9-,10+/m0/s1. The predicted molar refractivity (Wildman–Crippen MR) is 61.3 cm³/mol. The van der Waals surface area contributed by atoms with E-state index in [9.17, 15) is 10.1 Å². The molecule has 6 heteroatoms. The molecule has 0 aromatic carbocycles. The van der Waals surface area contributed by atoms with Crippen LogP contribution in [0.5, 0.6) is 0 Å². The largest absolute Gasteiger partial charge is 0.364 e. The molecule has 0 radical (unpaired) electrons. The summed E-state index contributed by atoms with van der Waals surface area (Å²) in [6, 6.07) is 0. The molecule has 1 fully saturated rings. The van der Waals surface area contributed by atoms with Gasteiger partial charge in [0.2, 0.25) is 6.54 Å². The van der Waals surface area contributed by atoms with Crippen LogP contribution < -0.4 is 0 Å². The highest BCUT2D eigenvalue weighted by Gasteiger charge is 2.40. The number of nitrogens with zero attached hydrogens (tertiary/aromatic N) is 1. The molecule has 6 nitrogen and oxygen atoms in total. The van der Waals surface area contributed by atoms with Gasteiger partial charge in [-0.15, -0.1) is 0 Å². The maximum Gasteiger partial charge on any atom is 0.232 e. The summed E-state index contributed by atoms with van der Waals surface area (Å²) < 4.78 is 16.4. The topological polar surface area (TPSA) is 70.8 Å². The van der Waals surface area contributed by atoms with E-state index < -0.39 is 22.9 Å². The van der Waals surface area contributed by atoms with Gasteiger partial charge in [0, 0.05) is 4.92 Å². The number of ether oxygens (including phenoxy) is 3. The van der Waals surface area contributed by atoms with Gasteiger partial charge in [0.05, 0.1) is 13.2 Å². The molecular weight excluding hydrogens is 226 g/mol. The molecule has 1 heterocycles. The second-order valence-corrected chi connectivity index (χ2v) is 4.69. The van der Waals surface area contributed by atoms with Gasteiger partial charge in [-0.1, -0.05) is 12.2 Å². The van der Waals surface area contributed by atoms with Gasteiger partial charge >= 0.3 is 0 Å². The Morgan fingerprint density at radius 2 is 2.35 bits per heavy atom. The zero-order chi connectivity index (χ0) is 13.1. The zero-order valence-corrected chi connectivity index (χ0v) is 10.5. The maximum atomic E-state index is 10.6. The Morgan fingerprint density at radius 3 is 2.76 bits per heavy atom. The molecule has 2 atom stereocenters. The Bertz CT molecular complexity index is 302. The normalized spacial score (nSPS) is 24.5. The van der Waals surface area contributed by atoms with Crippen molar-refractivity contribution in [3.63, 3.8) is 0 Å². The lowest BCUT2D eigenvalue weighted by Gasteiger charge is -2.22. The average molecular weight is 245 g/mol. The minimum absolute atomic E-state index is 0.290. The van der Waals surface area contributed by atoms with Crippen molar-refractivity contribution in [2.75, 3.05) is 19.8 Å². The van der Waals surface area contributed by atoms with Gasteiger partial charge in [-0.05, 0) is 20.8 Å². The molecule has 0 unspecified atom stereocenters. The summed E-state index contributed by atoms with van der Waals surface area (Å²) in [5.41, 5.74) is 0.816. The monoisotopic (exact) mass is 245 g/mol. The molecule has 0 saturated carbocycles. The third kappa shape index (κ3) is 4.80. The number of rotatable bonds is 6. The van der Waals surface area contributed by atoms with Crippen molar-refractivity contribution >= 4 is 0 Å². The predicted octanol–water partition coefficient (Wildman–Crippen LogP) is 1.38. The van der Waals surface area contributed by atoms with Crippen molar-refractivity contribution < 1.29 is 19.1 Å². The summed E-state index contributed by atoms with van der Waals surface area (Å²) in [5.74, 6) is -0.702. The van der Waals surface area contributed by atoms with Gasteiger partial charge in [-0.25, -0.2) is 0 Å². The summed E-state index contributed by atoms with van der Waals surface area (Å²) in [7, 11) is 0. The highest BCUT2D eigenvalue weighted by Crippen LogP contribution is 2.25. The van der Waals surface area contributed by atoms with E-state index in [1.54, 1.807) is 20.8 Å². The molecule has 0 bridgehead atoms. The van der Waals surface area contributed by atoms with E-state index in [2.05, 4.69) is 6.58 Å². The Kier molecular flexibility index (Phi) is 4.62. The smallest absolute Gasteiger partial charge is 0.232 e. The van der Waals surface area contributed by atoms with Crippen LogP contribution in [-0.4, -0.2) is 42.7 Å². The van der Waals surface area contributed by atoms with E-state index in [1.165, 1.54) is 0 Å². The Morgan fingerprint density at radius 1 is 1.71 bits per heavy atom. The van der Waals surface area contributed by atoms with E-state index in [0.717, 1.165) is 5.57 Å². The van der Waals surface area contributed by atoms with Crippen LogP contribution in [0.15, 0.2) is 12.2 Å². The summed E-state index contributed by atoms with van der Waals surface area (Å²) in [6.07, 6.45) is -1.02. The van der Waals surface area contributed by atoms with E-state index in [0.29, 0.717) is 13.2 Å². The summed E-state index contributed by atoms with van der Waals surface area (Å²) in [5, 5.41) is 10.6. The molecule has 1 aliphatic rings. The van der Waals surface area contributed by atoms with Gasteiger partial charge in [0.25, 0.3) is 0 Å². The molecule has 0 aromatic rings. The van der Waals surface area contributed by atoms with Gasteiger partial charge in [0.1, 0.15) is 6.10 Å². The van der Waals surface area contributed by atoms with Crippen LogP contribution in [0.4, 0.5) is 0 Å². The van der Waals surface area contributed by atoms with E-state index in [4.69, 9.17) is 14.2 Å². The quantitative estimate of drug-likeness (QED) is 0.401. The molecule has 0 amide bonds. The van der Waals surface area contributed by atoms with Crippen LogP contribution in [-0.2, 0) is 14.2 Å². The Balaban J connectivity index is 2.56. The van der Waals surface area contributed by atoms with Gasteiger partial charge < -0.3 is 14.2 Å². The number of hydrogen-bond donors (Lipinski definition) is 0. The summed E-state index contributed by atoms with van der Waals surface area (Å²) in [4.78, 5) is 10.2. The molecule has 0 aromatic heterocycles. The minimum Gasteiger partial charge on any atom is -0.364 e. The van der Waals surface area contributed by atoms with Crippen molar-refractivity contribution in [1.82, 2.24) is 0 Å². The molecule has 1 saturated heterocycles. The Labute approximate surface area is 101 Å². The SMILES string of the molecule is C=C(C)CO[C@@H](C[N+](=O)[O-])[C@H]1COC(C)(C)O1. The van der Waals surface area contributed by atoms with Gasteiger partial charge in [-0.3, -0.25) is 10.1 Å². The van der Waals surface area contributed by atoms with E-state index >= 15 is 0 Å². The first kappa shape index (κ1) is 14.1. The first-order valence-corrected chi connectivity index (χ1v) is 5.50. The molecule has 0 N–H and O–H groups in total. The van der Waals surface area contributed by atoms with Crippen molar-refractivity contribution in [1.29, 1.82) is 0 Å². The fraction of sp³-hybridized carbons (Fsp3) is 0.818. The van der Waals surface area contributed by atoms with Crippen LogP contribution >= 0.6 is 0 Å². The van der Waals surface area contributed by atoms with Crippen molar-refractivity contribution in [3.8, 4) is 0 Å². The number of nitro groups is 1. The molecule has 1 aliphatic heterocycles.